The quantitative estimate of drug-likeness (QED) is 0.377. The van der Waals surface area contributed by atoms with Gasteiger partial charge in [0.2, 0.25) is 0 Å². The molecule has 0 aliphatic rings. The number of hydrogen-bond acceptors (Lipinski definition) is 6. The van der Waals surface area contributed by atoms with E-state index in [2.05, 4.69) is 21.4 Å². The number of benzene rings is 2. The van der Waals surface area contributed by atoms with Crippen LogP contribution in [0.3, 0.4) is 0 Å². The van der Waals surface area contributed by atoms with Crippen LogP contribution in [0.4, 0.5) is 5.69 Å². The predicted molar refractivity (Wildman–Crippen MR) is 132 cm³/mol. The molecule has 0 saturated heterocycles. The van der Waals surface area contributed by atoms with Gasteiger partial charge >= 0.3 is 0 Å². The maximum atomic E-state index is 12.8. The molecule has 2 aromatic heterocycles. The van der Waals surface area contributed by atoms with Crippen LogP contribution in [0.25, 0.3) is 10.9 Å². The summed E-state index contributed by atoms with van der Waals surface area (Å²) in [6.45, 7) is 4.87. The third-order valence-corrected chi connectivity index (χ3v) is 5.91. The van der Waals surface area contributed by atoms with Gasteiger partial charge in [0.05, 0.1) is 35.8 Å². The Hall–Kier alpha value is -3.96. The highest BCUT2D eigenvalue weighted by Crippen LogP contribution is 2.31. The highest BCUT2D eigenvalue weighted by Gasteiger charge is 2.14. The summed E-state index contributed by atoms with van der Waals surface area (Å²) in [5, 5.41) is 13.7. The first-order chi connectivity index (χ1) is 16.4. The standard InChI is InChI=1S/C25H24ClN5O3/c1-15(29-19-5-4-17(14-27)23(12-19)33-3)20-10-18-11-21(26)24(13-22(18)30-25(20)32)34-9-8-31-7-6-28-16(31)2/h4-7,10-13,15,29H,8-9H2,1-3H3,(H,30,32)/t15-/m0/s1. The molecule has 34 heavy (non-hydrogen) atoms. The van der Waals surface area contributed by atoms with Gasteiger partial charge in [-0.25, -0.2) is 4.98 Å². The number of methoxy groups -OCH3 is 1. The van der Waals surface area contributed by atoms with Gasteiger partial charge in [-0.1, -0.05) is 11.6 Å². The highest BCUT2D eigenvalue weighted by atomic mass is 35.5. The van der Waals surface area contributed by atoms with Gasteiger partial charge in [0.15, 0.2) is 0 Å². The van der Waals surface area contributed by atoms with Crippen LogP contribution in [0.1, 0.15) is 29.9 Å². The molecule has 0 unspecified atom stereocenters. The third kappa shape index (κ3) is 4.85. The number of H-pyrrole nitrogens is 1. The van der Waals surface area contributed by atoms with E-state index in [1.807, 2.05) is 30.7 Å². The predicted octanol–water partition coefficient (Wildman–Crippen LogP) is 4.82. The Labute approximate surface area is 201 Å². The Kier molecular flexibility index (Phi) is 6.75. The monoisotopic (exact) mass is 477 g/mol. The number of fused-ring (bicyclic) bond motifs is 1. The Morgan fingerprint density at radius 1 is 1.26 bits per heavy atom. The Morgan fingerprint density at radius 2 is 2.09 bits per heavy atom. The number of aromatic nitrogens is 3. The van der Waals surface area contributed by atoms with E-state index in [0.717, 1.165) is 16.9 Å². The van der Waals surface area contributed by atoms with E-state index >= 15 is 0 Å². The molecule has 0 bridgehead atoms. The molecule has 2 aromatic carbocycles. The first-order valence-corrected chi connectivity index (χ1v) is 11.1. The first-order valence-electron chi connectivity index (χ1n) is 10.7. The lowest BCUT2D eigenvalue weighted by Gasteiger charge is -2.17. The fourth-order valence-electron chi connectivity index (χ4n) is 3.75. The molecule has 2 N–H and O–H groups in total. The topological polar surface area (TPSA) is 105 Å². The van der Waals surface area contributed by atoms with Gasteiger partial charge in [0, 0.05) is 41.2 Å². The molecule has 0 aliphatic carbocycles. The summed E-state index contributed by atoms with van der Waals surface area (Å²) in [5.74, 6) is 1.88. The largest absolute Gasteiger partial charge is 0.495 e. The molecule has 4 rings (SSSR count). The van der Waals surface area contributed by atoms with Crippen LogP contribution in [-0.4, -0.2) is 28.3 Å². The second kappa shape index (κ2) is 9.89. The van der Waals surface area contributed by atoms with Crippen LogP contribution in [-0.2, 0) is 6.54 Å². The molecule has 0 saturated carbocycles. The normalized spacial score (nSPS) is 11.7. The van der Waals surface area contributed by atoms with Gasteiger partial charge in [-0.05, 0) is 38.1 Å². The van der Waals surface area contributed by atoms with Crippen molar-refractivity contribution in [2.75, 3.05) is 19.0 Å². The maximum absolute atomic E-state index is 12.8. The molecule has 0 fully saturated rings. The second-order valence-electron chi connectivity index (χ2n) is 7.83. The molecule has 4 aromatic rings. The van der Waals surface area contributed by atoms with E-state index in [0.29, 0.717) is 46.3 Å². The van der Waals surface area contributed by atoms with Crippen LogP contribution in [0.2, 0.25) is 5.02 Å². The number of nitriles is 1. The molecule has 2 heterocycles. The molecule has 1 atom stereocenters. The fourth-order valence-corrected chi connectivity index (χ4v) is 3.98. The minimum absolute atomic E-state index is 0.213. The van der Waals surface area contributed by atoms with Crippen LogP contribution >= 0.6 is 11.6 Å². The molecule has 0 aliphatic heterocycles. The minimum Gasteiger partial charge on any atom is -0.495 e. The molecule has 8 nitrogen and oxygen atoms in total. The minimum atomic E-state index is -0.307. The van der Waals surface area contributed by atoms with Gasteiger partial charge in [0.25, 0.3) is 5.56 Å². The van der Waals surface area contributed by atoms with Crippen molar-refractivity contribution in [3.05, 3.63) is 81.1 Å². The van der Waals surface area contributed by atoms with Crippen molar-refractivity contribution in [2.24, 2.45) is 0 Å². The van der Waals surface area contributed by atoms with E-state index in [1.54, 1.807) is 36.5 Å². The second-order valence-corrected chi connectivity index (χ2v) is 8.24. The molecule has 0 radical (unpaired) electrons. The molecule has 9 heteroatoms. The zero-order valence-electron chi connectivity index (χ0n) is 19.1. The van der Waals surface area contributed by atoms with Crippen molar-refractivity contribution in [3.8, 4) is 17.6 Å². The average molecular weight is 478 g/mol. The van der Waals surface area contributed by atoms with Gasteiger partial charge in [0.1, 0.15) is 30.0 Å². The molecule has 174 valence electrons. The number of pyridine rings is 1. The number of ether oxygens (including phenoxy) is 2. The Bertz CT molecular complexity index is 1440. The van der Waals surface area contributed by atoms with Gasteiger partial charge < -0.3 is 24.3 Å². The summed E-state index contributed by atoms with van der Waals surface area (Å²) in [4.78, 5) is 20.0. The van der Waals surface area contributed by atoms with Crippen molar-refractivity contribution in [1.29, 1.82) is 5.26 Å². The van der Waals surface area contributed by atoms with Crippen LogP contribution in [0, 0.1) is 18.3 Å². The van der Waals surface area contributed by atoms with Crippen LogP contribution < -0.4 is 20.3 Å². The summed E-state index contributed by atoms with van der Waals surface area (Å²) < 4.78 is 13.1. The number of nitrogens with one attached hydrogen (secondary N) is 2. The zero-order valence-corrected chi connectivity index (χ0v) is 19.8. The van der Waals surface area contributed by atoms with Crippen molar-refractivity contribution >= 4 is 28.2 Å². The summed E-state index contributed by atoms with van der Waals surface area (Å²) in [6.07, 6.45) is 3.64. The Balaban J connectivity index is 1.53. The van der Waals surface area contributed by atoms with Gasteiger partial charge in [-0.15, -0.1) is 0 Å². The molecule has 0 amide bonds. The number of nitrogens with zero attached hydrogens (tertiary/aromatic N) is 3. The third-order valence-electron chi connectivity index (χ3n) is 5.61. The number of halogens is 1. The maximum Gasteiger partial charge on any atom is 0.253 e. The SMILES string of the molecule is COc1cc(N[C@@H](C)c2cc3cc(Cl)c(OCCn4ccnc4C)cc3[nH]c2=O)ccc1C#N. The molecular weight excluding hydrogens is 454 g/mol. The fraction of sp³-hybridized carbons (Fsp3) is 0.240. The van der Waals surface area contributed by atoms with Crippen molar-refractivity contribution in [1.82, 2.24) is 14.5 Å². The average Bonchev–Trinajstić information content (AvgIpc) is 3.23. The lowest BCUT2D eigenvalue weighted by molar-refractivity contribution is 0.297. The van der Waals surface area contributed by atoms with Gasteiger partial charge in [-0.3, -0.25) is 4.79 Å². The summed E-state index contributed by atoms with van der Waals surface area (Å²) in [5.41, 5.74) is 2.15. The first kappa shape index (κ1) is 23.2. The van der Waals surface area contributed by atoms with E-state index in [9.17, 15) is 4.79 Å². The van der Waals surface area contributed by atoms with E-state index < -0.39 is 0 Å². The number of rotatable bonds is 8. The zero-order chi connectivity index (χ0) is 24.2. The smallest absolute Gasteiger partial charge is 0.253 e. The molecule has 0 spiro atoms. The highest BCUT2D eigenvalue weighted by molar-refractivity contribution is 6.32. The Morgan fingerprint density at radius 3 is 2.79 bits per heavy atom. The van der Waals surface area contributed by atoms with E-state index in [4.69, 9.17) is 26.3 Å². The van der Waals surface area contributed by atoms with E-state index in [1.165, 1.54) is 7.11 Å². The van der Waals surface area contributed by atoms with Crippen molar-refractivity contribution in [2.45, 2.75) is 26.4 Å². The number of imidazole rings is 1. The summed E-state index contributed by atoms with van der Waals surface area (Å²) in [6, 6.07) is 12.3. The summed E-state index contributed by atoms with van der Waals surface area (Å²) in [7, 11) is 1.51. The van der Waals surface area contributed by atoms with Crippen molar-refractivity contribution < 1.29 is 9.47 Å². The number of aromatic amines is 1. The number of anilines is 1. The number of hydrogen-bond donors (Lipinski definition) is 2. The lowest BCUT2D eigenvalue weighted by atomic mass is 10.1. The van der Waals surface area contributed by atoms with Crippen LogP contribution in [0.5, 0.6) is 11.5 Å². The number of aryl methyl sites for hydroxylation is 1. The van der Waals surface area contributed by atoms with Crippen molar-refractivity contribution in [3.63, 3.8) is 0 Å². The van der Waals surface area contributed by atoms with Crippen LogP contribution in [0.15, 0.2) is 53.6 Å². The van der Waals surface area contributed by atoms with Gasteiger partial charge in [-0.2, -0.15) is 5.26 Å². The lowest BCUT2D eigenvalue weighted by Crippen LogP contribution is -2.19. The summed E-state index contributed by atoms with van der Waals surface area (Å²) >= 11 is 6.47. The van der Waals surface area contributed by atoms with E-state index in [-0.39, 0.29) is 11.6 Å². The molecular formula is C25H24ClN5O3.